The van der Waals surface area contributed by atoms with Gasteiger partial charge in [-0.1, -0.05) is 59.8 Å². The number of phenolic OH excluding ortho intramolecular Hbond substituents is 2. The normalized spacial score (nSPS) is 13.6. The van der Waals surface area contributed by atoms with E-state index >= 15 is 0 Å². The molecule has 24 heavy (non-hydrogen) atoms. The van der Waals surface area contributed by atoms with Crippen molar-refractivity contribution in [3.05, 3.63) is 76.2 Å². The van der Waals surface area contributed by atoms with E-state index in [0.29, 0.717) is 24.3 Å². The first-order valence-corrected chi connectivity index (χ1v) is 8.83. The second-order valence-corrected chi connectivity index (χ2v) is 7.37. The molecule has 0 radical (unpaired) electrons. The Balaban J connectivity index is 1.71. The largest absolute Gasteiger partial charge is 0.507 e. The highest BCUT2D eigenvalue weighted by Gasteiger charge is 2.22. The van der Waals surface area contributed by atoms with Crippen LogP contribution in [0.5, 0.6) is 11.5 Å². The predicted octanol–water partition coefficient (Wildman–Crippen LogP) is 5.33. The Kier molecular flexibility index (Phi) is 3.73. The minimum Gasteiger partial charge on any atom is -0.507 e. The van der Waals surface area contributed by atoms with Crippen molar-refractivity contribution in [1.29, 1.82) is 0 Å². The van der Waals surface area contributed by atoms with Crippen LogP contribution in [-0.2, 0) is 12.8 Å². The summed E-state index contributed by atoms with van der Waals surface area (Å²) in [6, 6.07) is 15.9. The highest BCUT2D eigenvalue weighted by molar-refractivity contribution is 8.03. The van der Waals surface area contributed by atoms with Gasteiger partial charge in [-0.25, -0.2) is 0 Å². The zero-order valence-corrected chi connectivity index (χ0v) is 14.2. The number of fused-ring (bicyclic) bond motifs is 2. The number of thioether (sulfide) groups is 1. The number of aryl methyl sites for hydroxylation is 1. The molecule has 0 heterocycles. The molecule has 0 aliphatic heterocycles. The van der Waals surface area contributed by atoms with Gasteiger partial charge in [0.25, 0.3) is 0 Å². The average molecular weight is 334 g/mol. The maximum atomic E-state index is 10.7. The Morgan fingerprint density at radius 2 is 1.46 bits per heavy atom. The molecular formula is C21H18O2S. The molecule has 0 aromatic heterocycles. The quantitative estimate of drug-likeness (QED) is 0.622. The van der Waals surface area contributed by atoms with Gasteiger partial charge >= 0.3 is 0 Å². The SMILES string of the molecule is Cc1ccc(SC2=CCc3c(c(O)c4ccccc4c3O)C2)cc1. The second kappa shape index (κ2) is 5.91. The van der Waals surface area contributed by atoms with Crippen LogP contribution >= 0.6 is 11.8 Å². The lowest BCUT2D eigenvalue weighted by molar-refractivity contribution is 0.459. The fraction of sp³-hybridized carbons (Fsp3) is 0.143. The number of rotatable bonds is 2. The Labute approximate surface area is 145 Å². The smallest absolute Gasteiger partial charge is 0.127 e. The maximum absolute atomic E-state index is 10.7. The number of phenols is 2. The Morgan fingerprint density at radius 1 is 0.833 bits per heavy atom. The fourth-order valence-corrected chi connectivity index (χ4v) is 4.17. The van der Waals surface area contributed by atoms with Crippen LogP contribution in [0.2, 0.25) is 0 Å². The molecule has 0 saturated carbocycles. The predicted molar refractivity (Wildman–Crippen MR) is 99.8 cm³/mol. The van der Waals surface area contributed by atoms with Gasteiger partial charge in [-0.3, -0.25) is 0 Å². The zero-order chi connectivity index (χ0) is 16.7. The van der Waals surface area contributed by atoms with Gasteiger partial charge in [-0.2, -0.15) is 0 Å². The third-order valence-electron chi connectivity index (χ3n) is 4.53. The molecule has 0 fully saturated rings. The van der Waals surface area contributed by atoms with Gasteiger partial charge in [0.05, 0.1) is 0 Å². The number of allylic oxidation sites excluding steroid dienone is 2. The molecule has 4 rings (SSSR count). The minimum absolute atomic E-state index is 0.300. The minimum atomic E-state index is 0.300. The summed E-state index contributed by atoms with van der Waals surface area (Å²) in [5.41, 5.74) is 2.94. The van der Waals surface area contributed by atoms with Crippen LogP contribution in [0.4, 0.5) is 0 Å². The molecule has 0 bridgehead atoms. The number of benzene rings is 3. The van der Waals surface area contributed by atoms with Crippen molar-refractivity contribution in [3.8, 4) is 11.5 Å². The van der Waals surface area contributed by atoms with Gasteiger partial charge in [0.15, 0.2) is 0 Å². The first kappa shape index (κ1) is 15.2. The van der Waals surface area contributed by atoms with Gasteiger partial charge < -0.3 is 10.2 Å². The molecule has 120 valence electrons. The van der Waals surface area contributed by atoms with Crippen molar-refractivity contribution < 1.29 is 10.2 Å². The third kappa shape index (κ3) is 2.55. The summed E-state index contributed by atoms with van der Waals surface area (Å²) in [5.74, 6) is 0.600. The summed E-state index contributed by atoms with van der Waals surface area (Å²) in [4.78, 5) is 2.40. The molecular weight excluding hydrogens is 316 g/mol. The monoisotopic (exact) mass is 334 g/mol. The lowest BCUT2D eigenvalue weighted by atomic mass is 9.91. The first-order valence-electron chi connectivity index (χ1n) is 8.01. The summed E-state index contributed by atoms with van der Waals surface area (Å²) in [6.07, 6.45) is 3.45. The lowest BCUT2D eigenvalue weighted by Crippen LogP contribution is -2.03. The van der Waals surface area contributed by atoms with Gasteiger partial charge in [-0.15, -0.1) is 0 Å². The molecule has 1 aliphatic rings. The summed E-state index contributed by atoms with van der Waals surface area (Å²) < 4.78 is 0. The van der Waals surface area contributed by atoms with Gasteiger partial charge in [0.2, 0.25) is 0 Å². The van der Waals surface area contributed by atoms with E-state index in [9.17, 15) is 10.2 Å². The highest BCUT2D eigenvalue weighted by atomic mass is 32.2. The molecule has 0 spiro atoms. The van der Waals surface area contributed by atoms with E-state index in [2.05, 4.69) is 37.3 Å². The van der Waals surface area contributed by atoms with Crippen LogP contribution in [0, 0.1) is 6.92 Å². The van der Waals surface area contributed by atoms with Crippen molar-refractivity contribution >= 4 is 22.5 Å². The second-order valence-electron chi connectivity index (χ2n) is 6.17. The summed E-state index contributed by atoms with van der Waals surface area (Å²) >= 11 is 1.73. The molecule has 3 aromatic rings. The molecule has 1 aliphatic carbocycles. The standard InChI is InChI=1S/C21H18O2S/c1-13-6-8-14(9-7-13)24-15-10-11-18-19(12-15)21(23)17-5-3-2-4-16(17)20(18)22/h2-10,22-23H,11-12H2,1H3. The number of aromatic hydroxyl groups is 2. The van der Waals surface area contributed by atoms with Crippen LogP contribution in [-0.4, -0.2) is 10.2 Å². The van der Waals surface area contributed by atoms with E-state index in [1.54, 1.807) is 11.8 Å². The molecule has 0 amide bonds. The van der Waals surface area contributed by atoms with Crippen molar-refractivity contribution in [1.82, 2.24) is 0 Å². The Bertz CT molecular complexity index is 956. The van der Waals surface area contributed by atoms with Gasteiger partial charge in [-0.05, 0) is 30.4 Å². The zero-order valence-electron chi connectivity index (χ0n) is 13.4. The fourth-order valence-electron chi connectivity index (χ4n) is 3.22. The van der Waals surface area contributed by atoms with E-state index < -0.39 is 0 Å². The topological polar surface area (TPSA) is 40.5 Å². The van der Waals surface area contributed by atoms with Gasteiger partial charge in [0, 0.05) is 33.2 Å². The van der Waals surface area contributed by atoms with Crippen LogP contribution in [0.25, 0.3) is 10.8 Å². The van der Waals surface area contributed by atoms with E-state index in [1.165, 1.54) is 15.4 Å². The van der Waals surface area contributed by atoms with Crippen molar-refractivity contribution in [3.63, 3.8) is 0 Å². The van der Waals surface area contributed by atoms with E-state index in [1.807, 2.05) is 24.3 Å². The van der Waals surface area contributed by atoms with Crippen LogP contribution in [0.15, 0.2) is 64.4 Å². The average Bonchev–Trinajstić information content (AvgIpc) is 2.62. The highest BCUT2D eigenvalue weighted by Crippen LogP contribution is 2.44. The Morgan fingerprint density at radius 3 is 2.12 bits per heavy atom. The first-order chi connectivity index (χ1) is 11.6. The maximum Gasteiger partial charge on any atom is 0.127 e. The van der Waals surface area contributed by atoms with E-state index in [-0.39, 0.29) is 0 Å². The van der Waals surface area contributed by atoms with E-state index in [4.69, 9.17) is 0 Å². The van der Waals surface area contributed by atoms with E-state index in [0.717, 1.165) is 21.9 Å². The molecule has 3 aromatic carbocycles. The summed E-state index contributed by atoms with van der Waals surface area (Å²) in [7, 11) is 0. The molecule has 2 N–H and O–H groups in total. The number of hydrogen-bond donors (Lipinski definition) is 2. The van der Waals surface area contributed by atoms with Crippen molar-refractivity contribution in [2.24, 2.45) is 0 Å². The molecule has 3 heteroatoms. The van der Waals surface area contributed by atoms with Gasteiger partial charge in [0.1, 0.15) is 11.5 Å². The molecule has 0 atom stereocenters. The summed E-state index contributed by atoms with van der Waals surface area (Å²) in [5, 5.41) is 22.7. The molecule has 2 nitrogen and oxygen atoms in total. The van der Waals surface area contributed by atoms with Crippen molar-refractivity contribution in [2.45, 2.75) is 24.7 Å². The number of hydrogen-bond acceptors (Lipinski definition) is 3. The van der Waals surface area contributed by atoms with Crippen LogP contribution in [0.1, 0.15) is 16.7 Å². The Hall–Kier alpha value is -2.39. The molecule has 0 saturated heterocycles. The van der Waals surface area contributed by atoms with Crippen molar-refractivity contribution in [2.75, 3.05) is 0 Å². The summed E-state index contributed by atoms with van der Waals surface area (Å²) in [6.45, 7) is 2.08. The van der Waals surface area contributed by atoms with Crippen LogP contribution < -0.4 is 0 Å². The lowest BCUT2D eigenvalue weighted by Gasteiger charge is -2.21. The third-order valence-corrected chi connectivity index (χ3v) is 5.61. The molecule has 0 unspecified atom stereocenters. The van der Waals surface area contributed by atoms with Crippen LogP contribution in [0.3, 0.4) is 0 Å².